The molecule has 2 aromatic carbocycles. The number of nitrogens with one attached hydrogen (secondary N) is 2. The van der Waals surface area contributed by atoms with Crippen LogP contribution in [0.4, 0.5) is 35.0 Å². The molecule has 2 aromatic heterocycles. The number of rotatable bonds is 7. The van der Waals surface area contributed by atoms with E-state index in [0.29, 0.717) is 23.7 Å². The first-order valence-electron chi connectivity index (χ1n) is 13.8. The highest BCUT2D eigenvalue weighted by Crippen LogP contribution is 2.25. The number of aryl methyl sites for hydroxylation is 1. The number of hydrogen-bond donors (Lipinski definition) is 3. The van der Waals surface area contributed by atoms with E-state index >= 15 is 0 Å². The summed E-state index contributed by atoms with van der Waals surface area (Å²) >= 11 is 0. The van der Waals surface area contributed by atoms with Crippen molar-refractivity contribution >= 4 is 35.0 Å². The molecule has 206 valence electrons. The van der Waals surface area contributed by atoms with Gasteiger partial charge in [-0.15, -0.1) is 0 Å². The number of anilines is 6. The molecule has 2 aliphatic heterocycles. The van der Waals surface area contributed by atoms with E-state index < -0.39 is 0 Å². The molecular formula is C29H35N11. The van der Waals surface area contributed by atoms with E-state index in [-0.39, 0.29) is 0 Å². The van der Waals surface area contributed by atoms with E-state index in [2.05, 4.69) is 82.5 Å². The molecular weight excluding hydrogens is 502 g/mol. The van der Waals surface area contributed by atoms with E-state index in [0.717, 1.165) is 75.6 Å². The number of nitrogen functional groups attached to an aromatic ring is 1. The summed E-state index contributed by atoms with van der Waals surface area (Å²) in [7, 11) is 0. The number of nitrogens with zero attached hydrogens (tertiary/aromatic N) is 8. The Balaban J connectivity index is 1.07. The van der Waals surface area contributed by atoms with Crippen LogP contribution in [0.15, 0.2) is 61.1 Å². The largest absolute Gasteiger partial charge is 0.383 e. The first kappa shape index (κ1) is 25.8. The molecule has 2 fully saturated rings. The van der Waals surface area contributed by atoms with E-state index in [1.165, 1.54) is 11.3 Å². The van der Waals surface area contributed by atoms with Crippen LogP contribution in [0.5, 0.6) is 0 Å². The van der Waals surface area contributed by atoms with Gasteiger partial charge in [-0.3, -0.25) is 0 Å². The van der Waals surface area contributed by atoms with Gasteiger partial charge in [-0.1, -0.05) is 30.3 Å². The highest BCUT2D eigenvalue weighted by atomic mass is 15.4. The molecule has 0 saturated carbocycles. The van der Waals surface area contributed by atoms with E-state index in [9.17, 15) is 0 Å². The molecule has 0 radical (unpaired) electrons. The van der Waals surface area contributed by atoms with Crippen LogP contribution in [-0.4, -0.2) is 77.3 Å². The Morgan fingerprint density at radius 1 is 0.825 bits per heavy atom. The monoisotopic (exact) mass is 537 g/mol. The Bertz CT molecular complexity index is 1430. The first-order valence-corrected chi connectivity index (χ1v) is 13.8. The summed E-state index contributed by atoms with van der Waals surface area (Å²) in [6.07, 6.45) is 4.13. The quantitative estimate of drug-likeness (QED) is 0.322. The van der Waals surface area contributed by atoms with Crippen molar-refractivity contribution in [2.45, 2.75) is 13.3 Å². The van der Waals surface area contributed by atoms with Crippen LogP contribution in [-0.2, 0) is 6.42 Å². The van der Waals surface area contributed by atoms with Gasteiger partial charge >= 0.3 is 0 Å². The molecule has 11 nitrogen and oxygen atoms in total. The van der Waals surface area contributed by atoms with Gasteiger partial charge in [0.1, 0.15) is 12.1 Å². The third-order valence-electron chi connectivity index (χ3n) is 7.47. The van der Waals surface area contributed by atoms with Crippen molar-refractivity contribution in [3.05, 3.63) is 77.7 Å². The Morgan fingerprint density at radius 3 is 2.25 bits per heavy atom. The number of hydrogen-bond acceptors (Lipinski definition) is 11. The van der Waals surface area contributed by atoms with Crippen LogP contribution < -0.4 is 31.1 Å². The maximum absolute atomic E-state index is 6.30. The Morgan fingerprint density at radius 2 is 1.55 bits per heavy atom. The van der Waals surface area contributed by atoms with Crippen LogP contribution in [0.2, 0.25) is 0 Å². The second-order valence-electron chi connectivity index (χ2n) is 10.2. The molecule has 2 aliphatic rings. The molecule has 4 aromatic rings. The maximum Gasteiger partial charge on any atom is 0.232 e. The predicted molar refractivity (Wildman–Crippen MR) is 159 cm³/mol. The van der Waals surface area contributed by atoms with Gasteiger partial charge in [-0.05, 0) is 36.2 Å². The molecule has 0 spiro atoms. The molecule has 0 amide bonds. The van der Waals surface area contributed by atoms with Crippen molar-refractivity contribution in [3.63, 3.8) is 0 Å². The lowest BCUT2D eigenvalue weighted by Gasteiger charge is -2.34. The van der Waals surface area contributed by atoms with Gasteiger partial charge in [-0.25, -0.2) is 15.0 Å². The number of aromatic nitrogens is 5. The molecule has 6 rings (SSSR count). The summed E-state index contributed by atoms with van der Waals surface area (Å²) in [5, 5.41) is 6.78. The highest BCUT2D eigenvalue weighted by molar-refractivity contribution is 5.64. The molecule has 0 unspecified atom stereocenters. The van der Waals surface area contributed by atoms with Crippen molar-refractivity contribution in [2.24, 2.45) is 0 Å². The van der Waals surface area contributed by atoms with Gasteiger partial charge in [0.05, 0.1) is 0 Å². The molecule has 0 atom stereocenters. The minimum atomic E-state index is 0.528. The SMILES string of the molecule is Cc1cc(N2CCNCC2)ccc1Nc1ncnc(N2CCN(c3ncc(Cc4ccccc4)c(N)n3)CC2)n1. The smallest absolute Gasteiger partial charge is 0.232 e. The second-order valence-corrected chi connectivity index (χ2v) is 10.2. The average Bonchev–Trinajstić information content (AvgIpc) is 3.00. The third kappa shape index (κ3) is 5.89. The fourth-order valence-electron chi connectivity index (χ4n) is 5.15. The normalized spacial score (nSPS) is 15.8. The summed E-state index contributed by atoms with van der Waals surface area (Å²) in [5.41, 5.74) is 11.8. The topological polar surface area (TPSA) is 124 Å². The Hall–Kier alpha value is -4.51. The fourth-order valence-corrected chi connectivity index (χ4v) is 5.15. The molecule has 4 N–H and O–H groups in total. The zero-order chi connectivity index (χ0) is 27.3. The van der Waals surface area contributed by atoms with Crippen LogP contribution in [0.3, 0.4) is 0 Å². The summed E-state index contributed by atoms with van der Waals surface area (Å²) < 4.78 is 0. The number of nitrogens with two attached hydrogens (primary N) is 1. The van der Waals surface area contributed by atoms with Gasteiger partial charge in [0.15, 0.2) is 0 Å². The van der Waals surface area contributed by atoms with E-state index in [1.54, 1.807) is 6.33 Å². The summed E-state index contributed by atoms with van der Waals surface area (Å²) in [5.74, 6) is 2.38. The van der Waals surface area contributed by atoms with Gasteiger partial charge in [-0.2, -0.15) is 9.97 Å². The van der Waals surface area contributed by atoms with Crippen LogP contribution in [0.25, 0.3) is 0 Å². The molecule has 0 bridgehead atoms. The van der Waals surface area contributed by atoms with Gasteiger partial charge in [0, 0.05) is 81.9 Å². The van der Waals surface area contributed by atoms with Crippen LogP contribution in [0, 0.1) is 6.92 Å². The van der Waals surface area contributed by atoms with Crippen LogP contribution >= 0.6 is 0 Å². The standard InChI is InChI=1S/C29H35N11/c1-21-17-24(38-11-9-31-10-12-38)7-8-25(21)35-27-33-20-34-29(37-27)40-15-13-39(14-16-40)28-32-19-23(26(30)36-28)18-22-5-3-2-4-6-22/h2-8,17,19-20,31H,9-16,18H2,1H3,(H2,30,32,36)(H,33,34,35,37). The molecule has 40 heavy (non-hydrogen) atoms. The molecule has 11 heteroatoms. The number of benzene rings is 2. The Kier molecular flexibility index (Phi) is 7.53. The zero-order valence-corrected chi connectivity index (χ0v) is 22.8. The minimum Gasteiger partial charge on any atom is -0.383 e. The fraction of sp³-hybridized carbons (Fsp3) is 0.345. The molecule has 0 aliphatic carbocycles. The lowest BCUT2D eigenvalue weighted by atomic mass is 10.1. The minimum absolute atomic E-state index is 0.528. The van der Waals surface area contributed by atoms with E-state index in [1.807, 2.05) is 24.4 Å². The summed E-state index contributed by atoms with van der Waals surface area (Å²) in [6, 6.07) is 16.7. The van der Waals surface area contributed by atoms with Gasteiger partial charge in [0.2, 0.25) is 17.8 Å². The highest BCUT2D eigenvalue weighted by Gasteiger charge is 2.22. The molecule has 2 saturated heterocycles. The van der Waals surface area contributed by atoms with Gasteiger partial charge < -0.3 is 31.1 Å². The summed E-state index contributed by atoms with van der Waals surface area (Å²) in [6.45, 7) is 9.18. The zero-order valence-electron chi connectivity index (χ0n) is 22.8. The van der Waals surface area contributed by atoms with Crippen molar-refractivity contribution < 1.29 is 0 Å². The predicted octanol–water partition coefficient (Wildman–Crippen LogP) is 2.62. The van der Waals surface area contributed by atoms with Crippen molar-refractivity contribution in [3.8, 4) is 0 Å². The maximum atomic E-state index is 6.30. The lowest BCUT2D eigenvalue weighted by Crippen LogP contribution is -2.47. The van der Waals surface area contributed by atoms with Gasteiger partial charge in [0.25, 0.3) is 0 Å². The number of piperazine rings is 2. The third-order valence-corrected chi connectivity index (χ3v) is 7.47. The van der Waals surface area contributed by atoms with Crippen molar-refractivity contribution in [1.82, 2.24) is 30.2 Å². The Labute approximate surface area is 234 Å². The lowest BCUT2D eigenvalue weighted by molar-refractivity contribution is 0.589. The van der Waals surface area contributed by atoms with E-state index in [4.69, 9.17) is 10.7 Å². The second kappa shape index (κ2) is 11.7. The average molecular weight is 538 g/mol. The molecule has 4 heterocycles. The van der Waals surface area contributed by atoms with Crippen LogP contribution in [0.1, 0.15) is 16.7 Å². The van der Waals surface area contributed by atoms with Crippen molar-refractivity contribution in [2.75, 3.05) is 78.1 Å². The van der Waals surface area contributed by atoms with Crippen molar-refractivity contribution in [1.29, 1.82) is 0 Å². The first-order chi connectivity index (χ1) is 19.6. The summed E-state index contributed by atoms with van der Waals surface area (Å²) in [4.78, 5) is 29.5.